The Morgan fingerprint density at radius 1 is 1.20 bits per heavy atom. The van der Waals surface area contributed by atoms with Crippen molar-refractivity contribution in [2.24, 2.45) is 11.5 Å². The summed E-state index contributed by atoms with van der Waals surface area (Å²) in [5.41, 5.74) is 11.0. The van der Waals surface area contributed by atoms with Crippen LogP contribution in [0.1, 0.15) is 39.0 Å². The number of unbranched alkanes of at least 4 members (excludes halogenated alkanes) is 2. The summed E-state index contributed by atoms with van der Waals surface area (Å²) in [5.74, 6) is 0.0814. The minimum atomic E-state index is -0.274. The summed E-state index contributed by atoms with van der Waals surface area (Å²) in [7, 11) is 0. The largest absolute Gasteiger partial charge is 0.330 e. The molecular formula is C11H25N3O. The average molecular weight is 215 g/mol. The molecule has 0 aliphatic heterocycles. The average Bonchev–Trinajstić information content (AvgIpc) is 2.21. The van der Waals surface area contributed by atoms with Crippen LogP contribution in [0.5, 0.6) is 0 Å². The Balaban J connectivity index is 3.08. The highest BCUT2D eigenvalue weighted by Crippen LogP contribution is 1.95. The van der Waals surface area contributed by atoms with Gasteiger partial charge in [0.05, 0.1) is 6.04 Å². The number of hydrogen-bond acceptors (Lipinski definition) is 4. The molecule has 0 aromatic heterocycles. The molecule has 90 valence electrons. The van der Waals surface area contributed by atoms with Crippen LogP contribution in [0, 0.1) is 0 Å². The van der Waals surface area contributed by atoms with E-state index in [1.54, 1.807) is 6.92 Å². The third-order valence-corrected chi connectivity index (χ3v) is 2.45. The predicted octanol–water partition coefficient (Wildman–Crippen LogP) is 0.402. The summed E-state index contributed by atoms with van der Waals surface area (Å²) < 4.78 is 0. The van der Waals surface area contributed by atoms with Gasteiger partial charge in [0.2, 0.25) is 0 Å². The van der Waals surface area contributed by atoms with Gasteiger partial charge in [-0.2, -0.15) is 0 Å². The van der Waals surface area contributed by atoms with Crippen molar-refractivity contribution in [2.45, 2.75) is 45.1 Å². The van der Waals surface area contributed by atoms with Crippen molar-refractivity contribution >= 4 is 5.78 Å². The van der Waals surface area contributed by atoms with Gasteiger partial charge in [-0.25, -0.2) is 0 Å². The molecule has 0 spiro atoms. The van der Waals surface area contributed by atoms with Crippen LogP contribution < -0.4 is 16.8 Å². The van der Waals surface area contributed by atoms with Gasteiger partial charge in [-0.1, -0.05) is 6.42 Å². The Hall–Kier alpha value is -0.450. The first kappa shape index (κ1) is 14.6. The lowest BCUT2D eigenvalue weighted by Gasteiger charge is -2.08. The van der Waals surface area contributed by atoms with Gasteiger partial charge in [-0.3, -0.25) is 4.79 Å². The standard InChI is InChI=1S/C11H25N3O/c1-10(15)11(13)6-5-9-14-8-4-2-3-7-12/h11,14H,2-9,12-13H2,1H3/t11-/m0/s1. The lowest BCUT2D eigenvalue weighted by Crippen LogP contribution is -2.29. The fraction of sp³-hybridized carbons (Fsp3) is 0.909. The molecule has 5 N–H and O–H groups in total. The number of carbonyl (C=O) groups excluding carboxylic acids is 1. The molecule has 0 bridgehead atoms. The van der Waals surface area contributed by atoms with Crippen LogP contribution in [-0.2, 0) is 4.79 Å². The van der Waals surface area contributed by atoms with Gasteiger partial charge in [-0.15, -0.1) is 0 Å². The van der Waals surface area contributed by atoms with E-state index in [9.17, 15) is 4.79 Å². The Labute approximate surface area is 92.8 Å². The van der Waals surface area contributed by atoms with Crippen LogP contribution >= 0.6 is 0 Å². The molecule has 0 saturated heterocycles. The lowest BCUT2D eigenvalue weighted by molar-refractivity contribution is -0.118. The molecule has 0 aliphatic rings. The first-order chi connectivity index (χ1) is 7.18. The van der Waals surface area contributed by atoms with E-state index >= 15 is 0 Å². The number of carbonyl (C=O) groups is 1. The first-order valence-electron chi connectivity index (χ1n) is 5.85. The van der Waals surface area contributed by atoms with E-state index in [0.29, 0.717) is 0 Å². The zero-order valence-electron chi connectivity index (χ0n) is 9.80. The van der Waals surface area contributed by atoms with Crippen LogP contribution in [0.2, 0.25) is 0 Å². The lowest BCUT2D eigenvalue weighted by atomic mass is 10.1. The second kappa shape index (κ2) is 10.1. The number of rotatable bonds is 10. The second-order valence-electron chi connectivity index (χ2n) is 3.96. The molecule has 0 aromatic rings. The molecule has 0 amide bonds. The molecule has 0 aliphatic carbocycles. The van der Waals surface area contributed by atoms with Crippen LogP contribution in [0.15, 0.2) is 0 Å². The highest BCUT2D eigenvalue weighted by atomic mass is 16.1. The Morgan fingerprint density at radius 2 is 1.87 bits per heavy atom. The van der Waals surface area contributed by atoms with E-state index < -0.39 is 0 Å². The minimum Gasteiger partial charge on any atom is -0.330 e. The van der Waals surface area contributed by atoms with E-state index in [1.165, 1.54) is 12.8 Å². The summed E-state index contributed by atoms with van der Waals surface area (Å²) >= 11 is 0. The molecule has 4 heteroatoms. The third-order valence-electron chi connectivity index (χ3n) is 2.45. The van der Waals surface area contributed by atoms with E-state index in [2.05, 4.69) is 5.32 Å². The number of hydrogen-bond donors (Lipinski definition) is 3. The highest BCUT2D eigenvalue weighted by molar-refractivity contribution is 5.80. The smallest absolute Gasteiger partial charge is 0.146 e. The van der Waals surface area contributed by atoms with Crippen molar-refractivity contribution in [3.8, 4) is 0 Å². The summed E-state index contributed by atoms with van der Waals surface area (Å²) in [6, 6.07) is -0.274. The van der Waals surface area contributed by atoms with Crippen molar-refractivity contribution in [1.29, 1.82) is 0 Å². The number of nitrogens with two attached hydrogens (primary N) is 2. The zero-order chi connectivity index (χ0) is 11.5. The van der Waals surface area contributed by atoms with Crippen molar-refractivity contribution in [2.75, 3.05) is 19.6 Å². The van der Waals surface area contributed by atoms with Crippen molar-refractivity contribution in [3.05, 3.63) is 0 Å². The van der Waals surface area contributed by atoms with Crippen LogP contribution in [0.3, 0.4) is 0 Å². The molecule has 0 rings (SSSR count). The Morgan fingerprint density at radius 3 is 2.47 bits per heavy atom. The molecule has 0 unspecified atom stereocenters. The highest BCUT2D eigenvalue weighted by Gasteiger charge is 2.06. The molecule has 0 aromatic carbocycles. The van der Waals surface area contributed by atoms with Gasteiger partial charge in [0.15, 0.2) is 0 Å². The van der Waals surface area contributed by atoms with Gasteiger partial charge in [0, 0.05) is 0 Å². The van der Waals surface area contributed by atoms with Gasteiger partial charge in [0.25, 0.3) is 0 Å². The molecule has 4 nitrogen and oxygen atoms in total. The molecule has 0 radical (unpaired) electrons. The minimum absolute atomic E-state index is 0.0814. The van der Waals surface area contributed by atoms with Gasteiger partial charge in [-0.05, 0) is 52.2 Å². The van der Waals surface area contributed by atoms with Crippen LogP contribution in [0.4, 0.5) is 0 Å². The van der Waals surface area contributed by atoms with Crippen molar-refractivity contribution in [3.63, 3.8) is 0 Å². The van der Waals surface area contributed by atoms with Crippen molar-refractivity contribution in [1.82, 2.24) is 5.32 Å². The van der Waals surface area contributed by atoms with Gasteiger partial charge >= 0.3 is 0 Å². The van der Waals surface area contributed by atoms with E-state index in [-0.39, 0.29) is 11.8 Å². The maximum absolute atomic E-state index is 10.8. The maximum atomic E-state index is 10.8. The fourth-order valence-corrected chi connectivity index (χ4v) is 1.35. The van der Waals surface area contributed by atoms with E-state index in [0.717, 1.165) is 38.9 Å². The molecule has 0 saturated carbocycles. The molecule has 1 atom stereocenters. The van der Waals surface area contributed by atoms with Gasteiger partial charge < -0.3 is 16.8 Å². The number of ketones is 1. The molecule has 0 fully saturated rings. The van der Waals surface area contributed by atoms with Gasteiger partial charge in [0.1, 0.15) is 5.78 Å². The molecule has 0 heterocycles. The Kier molecular flexibility index (Phi) is 9.78. The van der Waals surface area contributed by atoms with Crippen molar-refractivity contribution < 1.29 is 4.79 Å². The number of nitrogens with one attached hydrogen (secondary N) is 1. The van der Waals surface area contributed by atoms with E-state index in [4.69, 9.17) is 11.5 Å². The van der Waals surface area contributed by atoms with Crippen LogP contribution in [-0.4, -0.2) is 31.5 Å². The Bertz CT molecular complexity index is 162. The molecular weight excluding hydrogens is 190 g/mol. The summed E-state index contributed by atoms with van der Waals surface area (Å²) in [5, 5.41) is 3.33. The second-order valence-corrected chi connectivity index (χ2v) is 3.96. The van der Waals surface area contributed by atoms with E-state index in [1.807, 2.05) is 0 Å². The fourth-order valence-electron chi connectivity index (χ4n) is 1.35. The SMILES string of the molecule is CC(=O)[C@@H](N)CCCNCCCCCN. The molecule has 15 heavy (non-hydrogen) atoms. The summed E-state index contributed by atoms with van der Waals surface area (Å²) in [4.78, 5) is 10.8. The predicted molar refractivity (Wildman–Crippen MR) is 63.7 cm³/mol. The first-order valence-corrected chi connectivity index (χ1v) is 5.85. The summed E-state index contributed by atoms with van der Waals surface area (Å²) in [6.07, 6.45) is 5.23. The monoisotopic (exact) mass is 215 g/mol. The third kappa shape index (κ3) is 9.85. The maximum Gasteiger partial charge on any atom is 0.146 e. The van der Waals surface area contributed by atoms with Crippen LogP contribution in [0.25, 0.3) is 0 Å². The number of Topliss-reactive ketones (excluding diaryl/α,β-unsaturated/α-hetero) is 1. The normalized spacial score (nSPS) is 12.7. The topological polar surface area (TPSA) is 81.1 Å². The summed E-state index contributed by atoms with van der Waals surface area (Å²) in [6.45, 7) is 4.32. The zero-order valence-corrected chi connectivity index (χ0v) is 9.80. The quantitative estimate of drug-likeness (QED) is 0.461.